The topological polar surface area (TPSA) is 245 Å². The first-order valence-electron chi connectivity index (χ1n) is 8.83. The fraction of sp³-hybridized carbons (Fsp3) is 0.625. The van der Waals surface area contributed by atoms with Gasteiger partial charge in [-0.25, -0.2) is 4.79 Å². The van der Waals surface area contributed by atoms with Gasteiger partial charge in [-0.2, -0.15) is 0 Å². The van der Waals surface area contributed by atoms with Gasteiger partial charge in [0, 0.05) is 12.8 Å². The molecule has 9 N–H and O–H groups in total. The molecule has 0 aliphatic carbocycles. The Balaban J connectivity index is 5.02. The van der Waals surface area contributed by atoms with Crippen LogP contribution in [0.1, 0.15) is 32.6 Å². The minimum absolute atomic E-state index is 0.170. The first-order chi connectivity index (χ1) is 13.9. The number of aliphatic hydroxyl groups excluding tert-OH is 1. The third-order valence-electron chi connectivity index (χ3n) is 3.84. The molecule has 0 bridgehead atoms. The van der Waals surface area contributed by atoms with Crippen LogP contribution in [0.2, 0.25) is 0 Å². The summed E-state index contributed by atoms with van der Waals surface area (Å²) in [4.78, 5) is 68.6. The van der Waals surface area contributed by atoms with E-state index in [0.29, 0.717) is 0 Å². The average Bonchev–Trinajstić information content (AvgIpc) is 2.66. The molecule has 0 saturated heterocycles. The van der Waals surface area contributed by atoms with Crippen molar-refractivity contribution in [1.29, 1.82) is 0 Å². The van der Waals surface area contributed by atoms with E-state index in [2.05, 4.69) is 10.6 Å². The minimum Gasteiger partial charge on any atom is -0.481 e. The fourth-order valence-corrected chi connectivity index (χ4v) is 2.09. The van der Waals surface area contributed by atoms with Gasteiger partial charge in [-0.15, -0.1) is 0 Å². The zero-order valence-electron chi connectivity index (χ0n) is 16.2. The maximum absolute atomic E-state index is 12.3. The van der Waals surface area contributed by atoms with E-state index in [9.17, 15) is 28.8 Å². The van der Waals surface area contributed by atoms with Crippen molar-refractivity contribution in [2.24, 2.45) is 5.73 Å². The zero-order valence-corrected chi connectivity index (χ0v) is 16.2. The van der Waals surface area contributed by atoms with Gasteiger partial charge < -0.3 is 42.1 Å². The van der Waals surface area contributed by atoms with E-state index >= 15 is 0 Å². The predicted octanol–water partition coefficient (Wildman–Crippen LogP) is -3.41. The van der Waals surface area contributed by atoms with Crippen molar-refractivity contribution in [3.8, 4) is 0 Å². The van der Waals surface area contributed by atoms with Crippen molar-refractivity contribution in [3.63, 3.8) is 0 Å². The number of hydrogen-bond acceptors (Lipinski definition) is 8. The summed E-state index contributed by atoms with van der Waals surface area (Å²) in [5.74, 6) is -6.71. The molecule has 0 fully saturated rings. The van der Waals surface area contributed by atoms with E-state index in [0.717, 1.165) is 0 Å². The number of nitrogens with two attached hydrogens (primary N) is 1. The van der Waals surface area contributed by atoms with Gasteiger partial charge in [0.2, 0.25) is 17.7 Å². The highest BCUT2D eigenvalue weighted by Crippen LogP contribution is 2.01. The maximum Gasteiger partial charge on any atom is 0.328 e. The van der Waals surface area contributed by atoms with Gasteiger partial charge in [-0.1, -0.05) is 0 Å². The number of nitrogens with one attached hydrogen (secondary N) is 3. The summed E-state index contributed by atoms with van der Waals surface area (Å²) in [6.07, 6.45) is -1.45. The van der Waals surface area contributed by atoms with E-state index in [4.69, 9.17) is 26.2 Å². The Morgan fingerprint density at radius 1 is 0.767 bits per heavy atom. The van der Waals surface area contributed by atoms with Crippen LogP contribution in [0.5, 0.6) is 0 Å². The number of aliphatic carboxylic acids is 3. The first kappa shape index (κ1) is 26.7. The van der Waals surface area contributed by atoms with Gasteiger partial charge in [-0.3, -0.25) is 24.0 Å². The smallest absolute Gasteiger partial charge is 0.328 e. The summed E-state index contributed by atoms with van der Waals surface area (Å²) < 4.78 is 0. The highest BCUT2D eigenvalue weighted by atomic mass is 16.4. The van der Waals surface area contributed by atoms with E-state index in [1.807, 2.05) is 5.32 Å². The second kappa shape index (κ2) is 13.1. The Morgan fingerprint density at radius 3 is 1.73 bits per heavy atom. The minimum atomic E-state index is -1.66. The second-order valence-electron chi connectivity index (χ2n) is 6.34. The summed E-state index contributed by atoms with van der Waals surface area (Å²) in [5, 5.41) is 41.6. The Kier molecular flexibility index (Phi) is 11.6. The molecule has 0 spiro atoms. The van der Waals surface area contributed by atoms with E-state index in [-0.39, 0.29) is 19.3 Å². The lowest BCUT2D eigenvalue weighted by atomic mass is 10.1. The van der Waals surface area contributed by atoms with E-state index in [1.165, 1.54) is 6.92 Å². The van der Waals surface area contributed by atoms with E-state index in [1.54, 1.807) is 0 Å². The summed E-state index contributed by atoms with van der Waals surface area (Å²) in [6.45, 7) is 0.318. The Bertz CT molecular complexity index is 668. The number of aliphatic hydroxyl groups is 1. The monoisotopic (exact) mass is 434 g/mol. The number of rotatable bonds is 14. The molecule has 0 aromatic heterocycles. The predicted molar refractivity (Wildman–Crippen MR) is 97.9 cm³/mol. The van der Waals surface area contributed by atoms with Crippen LogP contribution < -0.4 is 21.7 Å². The van der Waals surface area contributed by atoms with Crippen LogP contribution in [0.4, 0.5) is 0 Å². The van der Waals surface area contributed by atoms with Crippen molar-refractivity contribution in [3.05, 3.63) is 0 Å². The highest BCUT2D eigenvalue weighted by molar-refractivity contribution is 5.94. The SMILES string of the molecule is CC(NC(=O)C(N)CCC(=O)O)C(=O)NC(CCC(=O)O)C(=O)NC(CO)C(=O)O. The number of carboxylic acids is 3. The third kappa shape index (κ3) is 10.3. The van der Waals surface area contributed by atoms with E-state index < -0.39 is 72.8 Å². The Morgan fingerprint density at radius 2 is 1.27 bits per heavy atom. The Hall–Kier alpha value is -3.26. The highest BCUT2D eigenvalue weighted by Gasteiger charge is 2.29. The number of hydrogen-bond donors (Lipinski definition) is 8. The fourth-order valence-electron chi connectivity index (χ4n) is 2.09. The standard InChI is InChI=1S/C16H26N4O10/c1-7(18-14(27)8(17)2-4-11(22)23)13(26)19-9(3-5-12(24)25)15(28)20-10(6-21)16(29)30/h7-10,21H,2-6,17H2,1H3,(H,18,27)(H,19,26)(H,20,28)(H,22,23)(H,24,25)(H,29,30). The van der Waals surface area contributed by atoms with Gasteiger partial charge in [-0.05, 0) is 19.8 Å². The van der Waals surface area contributed by atoms with Gasteiger partial charge in [0.1, 0.15) is 18.1 Å². The van der Waals surface area contributed by atoms with Crippen LogP contribution in [0, 0.1) is 0 Å². The molecule has 0 heterocycles. The van der Waals surface area contributed by atoms with Crippen LogP contribution in [0.15, 0.2) is 0 Å². The van der Waals surface area contributed by atoms with Crippen LogP contribution in [-0.4, -0.2) is 86.8 Å². The molecule has 0 aromatic rings. The van der Waals surface area contributed by atoms with Crippen molar-refractivity contribution in [1.82, 2.24) is 16.0 Å². The van der Waals surface area contributed by atoms with Gasteiger partial charge in [0.05, 0.1) is 12.6 Å². The van der Waals surface area contributed by atoms with Crippen molar-refractivity contribution in [2.75, 3.05) is 6.61 Å². The molecule has 0 aliphatic heterocycles. The molecule has 0 aromatic carbocycles. The zero-order chi connectivity index (χ0) is 23.4. The maximum atomic E-state index is 12.3. The van der Waals surface area contributed by atoms with Crippen LogP contribution in [-0.2, 0) is 28.8 Å². The summed E-state index contributed by atoms with van der Waals surface area (Å²) >= 11 is 0. The number of amides is 3. The molecule has 3 amide bonds. The van der Waals surface area contributed by atoms with Gasteiger partial charge in [0.25, 0.3) is 0 Å². The molecule has 4 unspecified atom stereocenters. The summed E-state index contributed by atoms with van der Waals surface area (Å²) in [7, 11) is 0. The lowest BCUT2D eigenvalue weighted by molar-refractivity contribution is -0.144. The van der Waals surface area contributed by atoms with Crippen LogP contribution >= 0.6 is 0 Å². The van der Waals surface area contributed by atoms with Crippen LogP contribution in [0.3, 0.4) is 0 Å². The first-order valence-corrected chi connectivity index (χ1v) is 8.83. The summed E-state index contributed by atoms with van der Waals surface area (Å²) in [6, 6.07) is -5.53. The molecule has 0 saturated carbocycles. The lowest BCUT2D eigenvalue weighted by Crippen LogP contribution is -2.56. The molecule has 30 heavy (non-hydrogen) atoms. The molecule has 170 valence electrons. The molecule has 14 heteroatoms. The second-order valence-corrected chi connectivity index (χ2v) is 6.34. The summed E-state index contributed by atoms with van der Waals surface area (Å²) in [5.41, 5.74) is 5.53. The quantitative estimate of drug-likeness (QED) is 0.134. The van der Waals surface area contributed by atoms with Crippen molar-refractivity contribution < 1.29 is 49.2 Å². The van der Waals surface area contributed by atoms with Crippen LogP contribution in [0.25, 0.3) is 0 Å². The largest absolute Gasteiger partial charge is 0.481 e. The average molecular weight is 434 g/mol. The number of carboxylic acid groups (broad SMARTS) is 3. The normalized spacial score (nSPS) is 14.5. The van der Waals surface area contributed by atoms with Gasteiger partial charge >= 0.3 is 17.9 Å². The lowest BCUT2D eigenvalue weighted by Gasteiger charge is -2.23. The third-order valence-corrected chi connectivity index (χ3v) is 3.84. The molecule has 0 rings (SSSR count). The van der Waals surface area contributed by atoms with Gasteiger partial charge in [0.15, 0.2) is 0 Å². The van der Waals surface area contributed by atoms with Crippen molar-refractivity contribution in [2.45, 2.75) is 56.8 Å². The number of carbonyl (C=O) groups is 6. The molecule has 4 atom stereocenters. The molecule has 0 aliphatic rings. The van der Waals surface area contributed by atoms with Crippen molar-refractivity contribution >= 4 is 35.6 Å². The molecule has 0 radical (unpaired) electrons. The number of carbonyl (C=O) groups excluding carboxylic acids is 3. The Labute approximate surface area is 170 Å². The molecular weight excluding hydrogens is 408 g/mol. The molecule has 14 nitrogen and oxygen atoms in total. The molecular formula is C16H26N4O10.